The molecular weight excluding hydrogens is 360 g/mol. The van der Waals surface area contributed by atoms with Gasteiger partial charge in [0.25, 0.3) is 5.91 Å². The van der Waals surface area contributed by atoms with Crippen molar-refractivity contribution in [3.63, 3.8) is 0 Å². The van der Waals surface area contributed by atoms with E-state index in [2.05, 4.69) is 5.32 Å². The largest absolute Gasteiger partial charge is 0.331 e. The molecule has 1 fully saturated rings. The number of hydrogen-bond donors (Lipinski definition) is 1. The fourth-order valence-electron chi connectivity index (χ4n) is 2.89. The minimum Gasteiger partial charge on any atom is -0.331 e. The van der Waals surface area contributed by atoms with Crippen molar-refractivity contribution in [1.82, 2.24) is 4.90 Å². The summed E-state index contributed by atoms with van der Waals surface area (Å²) in [4.78, 5) is 27.2. The van der Waals surface area contributed by atoms with Gasteiger partial charge in [0.1, 0.15) is 0 Å². The Morgan fingerprint density at radius 1 is 1.19 bits per heavy atom. The minimum absolute atomic E-state index is 0.00733. The van der Waals surface area contributed by atoms with Gasteiger partial charge in [0.05, 0.1) is 0 Å². The Morgan fingerprint density at radius 3 is 2.52 bits per heavy atom. The summed E-state index contributed by atoms with van der Waals surface area (Å²) in [5, 5.41) is 3.59. The normalized spacial score (nSPS) is 14.5. The topological polar surface area (TPSA) is 49.4 Å². The van der Waals surface area contributed by atoms with Crippen molar-refractivity contribution in [1.29, 1.82) is 0 Å². The summed E-state index contributed by atoms with van der Waals surface area (Å²) >= 11 is 5.96. The summed E-state index contributed by atoms with van der Waals surface area (Å²) in [6, 6.07) is 15.1. The molecule has 2 amide bonds. The van der Waals surface area contributed by atoms with Crippen molar-refractivity contribution in [3.05, 3.63) is 64.7 Å². The number of nitrogens with zero attached hydrogens (tertiary/aromatic N) is 1. The first kappa shape index (κ1) is 19.4. The molecule has 3 rings (SSSR count). The van der Waals surface area contributed by atoms with Crippen LogP contribution < -0.4 is 5.32 Å². The van der Waals surface area contributed by atoms with Crippen LogP contribution in [-0.4, -0.2) is 22.8 Å². The predicted molar refractivity (Wildman–Crippen MR) is 109 cm³/mol. The van der Waals surface area contributed by atoms with E-state index in [1.807, 2.05) is 55.1 Å². The highest BCUT2D eigenvalue weighted by molar-refractivity contribution is 6.30. The van der Waals surface area contributed by atoms with Crippen LogP contribution in [0.2, 0.25) is 5.02 Å². The molecule has 27 heavy (non-hydrogen) atoms. The Bertz CT molecular complexity index is 815. The average molecular weight is 385 g/mol. The molecule has 2 aromatic carbocycles. The van der Waals surface area contributed by atoms with E-state index in [4.69, 9.17) is 11.6 Å². The fraction of sp³-hybridized carbons (Fsp3) is 0.364. The lowest BCUT2D eigenvalue weighted by atomic mass is 10.1. The van der Waals surface area contributed by atoms with Gasteiger partial charge in [-0.1, -0.05) is 43.6 Å². The third-order valence-electron chi connectivity index (χ3n) is 4.95. The van der Waals surface area contributed by atoms with E-state index in [-0.39, 0.29) is 23.8 Å². The predicted octanol–water partition coefficient (Wildman–Crippen LogP) is 5.13. The third kappa shape index (κ3) is 5.10. The number of carbonyl (C=O) groups excluding carboxylic acids is 2. The van der Waals surface area contributed by atoms with Crippen LogP contribution in [0.4, 0.5) is 5.69 Å². The van der Waals surface area contributed by atoms with Gasteiger partial charge >= 0.3 is 0 Å². The molecule has 4 nitrogen and oxygen atoms in total. The average Bonchev–Trinajstić information content (AvgIpc) is 3.51. The van der Waals surface area contributed by atoms with Gasteiger partial charge in [-0.3, -0.25) is 9.59 Å². The van der Waals surface area contributed by atoms with Crippen LogP contribution in [0.5, 0.6) is 0 Å². The maximum atomic E-state index is 13.1. The van der Waals surface area contributed by atoms with Crippen molar-refractivity contribution in [2.45, 2.75) is 45.7 Å². The maximum Gasteiger partial charge on any atom is 0.254 e. The first-order chi connectivity index (χ1) is 13.0. The smallest absolute Gasteiger partial charge is 0.254 e. The third-order valence-corrected chi connectivity index (χ3v) is 5.20. The quantitative estimate of drug-likeness (QED) is 0.719. The zero-order valence-electron chi connectivity index (χ0n) is 15.7. The van der Waals surface area contributed by atoms with E-state index in [0.717, 1.165) is 24.8 Å². The molecule has 1 unspecified atom stereocenters. The molecule has 0 aromatic heterocycles. The molecule has 0 bridgehead atoms. The van der Waals surface area contributed by atoms with Gasteiger partial charge in [0.15, 0.2) is 0 Å². The molecule has 1 N–H and O–H groups in total. The molecule has 0 aliphatic heterocycles. The lowest BCUT2D eigenvalue weighted by molar-refractivity contribution is -0.119. The Balaban J connectivity index is 1.75. The van der Waals surface area contributed by atoms with Crippen molar-refractivity contribution in [2.24, 2.45) is 5.92 Å². The molecule has 1 aliphatic rings. The summed E-state index contributed by atoms with van der Waals surface area (Å²) in [6.45, 7) is 4.43. The molecule has 0 saturated heterocycles. The number of amides is 2. The zero-order chi connectivity index (χ0) is 19.4. The van der Waals surface area contributed by atoms with Gasteiger partial charge in [-0.25, -0.2) is 0 Å². The van der Waals surface area contributed by atoms with Crippen LogP contribution in [0.1, 0.15) is 49.0 Å². The fourth-order valence-corrected chi connectivity index (χ4v) is 3.01. The summed E-state index contributed by atoms with van der Waals surface area (Å²) in [5.74, 6) is -0.0911. The molecule has 1 saturated carbocycles. The van der Waals surface area contributed by atoms with E-state index in [9.17, 15) is 9.59 Å². The van der Waals surface area contributed by atoms with E-state index in [0.29, 0.717) is 22.8 Å². The second kappa shape index (κ2) is 8.57. The number of carbonyl (C=O) groups is 2. The molecule has 142 valence electrons. The van der Waals surface area contributed by atoms with E-state index in [1.165, 1.54) is 0 Å². The molecule has 0 spiro atoms. The summed E-state index contributed by atoms with van der Waals surface area (Å²) < 4.78 is 0. The SMILES string of the molecule is CCC(C)C(=O)Nc1cccc(C(=O)N(Cc2ccc(Cl)cc2)C2CC2)c1. The van der Waals surface area contributed by atoms with Gasteiger partial charge in [0, 0.05) is 34.8 Å². The van der Waals surface area contributed by atoms with Crippen LogP contribution in [-0.2, 0) is 11.3 Å². The zero-order valence-corrected chi connectivity index (χ0v) is 16.5. The lowest BCUT2D eigenvalue weighted by Crippen LogP contribution is -2.32. The monoisotopic (exact) mass is 384 g/mol. The van der Waals surface area contributed by atoms with Crippen LogP contribution in [0, 0.1) is 5.92 Å². The maximum absolute atomic E-state index is 13.1. The van der Waals surface area contributed by atoms with Crippen LogP contribution in [0.25, 0.3) is 0 Å². The second-order valence-corrected chi connectivity index (χ2v) is 7.61. The lowest BCUT2D eigenvalue weighted by Gasteiger charge is -2.23. The van der Waals surface area contributed by atoms with Crippen molar-refractivity contribution in [2.75, 3.05) is 5.32 Å². The van der Waals surface area contributed by atoms with E-state index < -0.39 is 0 Å². The van der Waals surface area contributed by atoms with Crippen molar-refractivity contribution >= 4 is 29.1 Å². The van der Waals surface area contributed by atoms with Gasteiger partial charge in [-0.15, -0.1) is 0 Å². The van der Waals surface area contributed by atoms with Gasteiger partial charge in [-0.2, -0.15) is 0 Å². The number of hydrogen-bond acceptors (Lipinski definition) is 2. The first-order valence-corrected chi connectivity index (χ1v) is 9.82. The van der Waals surface area contributed by atoms with Gasteiger partial charge < -0.3 is 10.2 Å². The van der Waals surface area contributed by atoms with Crippen LogP contribution >= 0.6 is 11.6 Å². The van der Waals surface area contributed by atoms with Gasteiger partial charge in [0.2, 0.25) is 5.91 Å². The van der Waals surface area contributed by atoms with E-state index >= 15 is 0 Å². The molecular formula is C22H25ClN2O2. The Kier molecular flexibility index (Phi) is 6.17. The molecule has 0 radical (unpaired) electrons. The number of anilines is 1. The van der Waals surface area contributed by atoms with Crippen molar-refractivity contribution in [3.8, 4) is 0 Å². The second-order valence-electron chi connectivity index (χ2n) is 7.17. The van der Waals surface area contributed by atoms with Crippen LogP contribution in [0.3, 0.4) is 0 Å². The highest BCUT2D eigenvalue weighted by Gasteiger charge is 2.33. The Labute approximate surface area is 165 Å². The summed E-state index contributed by atoms with van der Waals surface area (Å²) in [7, 11) is 0. The first-order valence-electron chi connectivity index (χ1n) is 9.44. The number of halogens is 1. The highest BCUT2D eigenvalue weighted by Crippen LogP contribution is 2.30. The van der Waals surface area contributed by atoms with Crippen LogP contribution in [0.15, 0.2) is 48.5 Å². The summed E-state index contributed by atoms with van der Waals surface area (Å²) in [5.41, 5.74) is 2.31. The molecule has 5 heteroatoms. The molecule has 1 aliphatic carbocycles. The van der Waals surface area contributed by atoms with E-state index in [1.54, 1.807) is 12.1 Å². The number of benzene rings is 2. The number of nitrogens with one attached hydrogen (secondary N) is 1. The molecule has 0 heterocycles. The van der Waals surface area contributed by atoms with Gasteiger partial charge in [-0.05, 0) is 55.2 Å². The highest BCUT2D eigenvalue weighted by atomic mass is 35.5. The van der Waals surface area contributed by atoms with Crippen molar-refractivity contribution < 1.29 is 9.59 Å². The Hall–Kier alpha value is -2.33. The Morgan fingerprint density at radius 2 is 1.89 bits per heavy atom. The molecule has 2 aromatic rings. The number of rotatable bonds is 7. The molecule has 1 atom stereocenters. The minimum atomic E-state index is -0.0581. The summed E-state index contributed by atoms with van der Waals surface area (Å²) in [6.07, 6.45) is 2.84. The standard InChI is InChI=1S/C22H25ClN2O2/c1-3-15(2)21(26)24-19-6-4-5-17(13-19)22(27)25(20-11-12-20)14-16-7-9-18(23)10-8-16/h4-10,13,15,20H,3,11-12,14H2,1-2H3,(H,24,26).